The van der Waals surface area contributed by atoms with Crippen LogP contribution in [0.2, 0.25) is 0 Å². The lowest BCUT2D eigenvalue weighted by molar-refractivity contribution is 0.199. The van der Waals surface area contributed by atoms with Crippen LogP contribution in [-0.2, 0) is 0 Å². The summed E-state index contributed by atoms with van der Waals surface area (Å²) in [5.41, 5.74) is 2.41. The Kier molecular flexibility index (Phi) is 4.97. The van der Waals surface area contributed by atoms with Gasteiger partial charge in [-0.2, -0.15) is 0 Å². The average molecular weight is 343 g/mol. The number of aryl methyl sites for hydroxylation is 2. The highest BCUT2D eigenvalue weighted by Gasteiger charge is 2.17. The summed E-state index contributed by atoms with van der Waals surface area (Å²) in [6.07, 6.45) is -0.904. The number of aliphatic hydroxyl groups excluding tert-OH is 1. The molecule has 0 radical (unpaired) electrons. The maximum atomic E-state index is 13.8. The lowest BCUT2D eigenvalue weighted by Crippen LogP contribution is -2.06. The Bertz CT molecular complexity index is 850. The number of hydrogen-bond donors (Lipinski definition) is 1. The number of hydrogen-bond acceptors (Lipinski definition) is 4. The Morgan fingerprint density at radius 3 is 2.54 bits per heavy atom. The number of nitrogens with zero attached hydrogens (tertiary/aromatic N) is 3. The van der Waals surface area contributed by atoms with E-state index in [1.54, 1.807) is 18.2 Å². The average Bonchev–Trinajstić information content (AvgIpc) is 2.94. The van der Waals surface area contributed by atoms with Gasteiger partial charge in [-0.1, -0.05) is 48.2 Å². The van der Waals surface area contributed by atoms with E-state index in [2.05, 4.69) is 10.2 Å². The van der Waals surface area contributed by atoms with Crippen molar-refractivity contribution in [3.63, 3.8) is 0 Å². The van der Waals surface area contributed by atoms with Crippen molar-refractivity contribution in [1.29, 1.82) is 0 Å². The van der Waals surface area contributed by atoms with Crippen molar-refractivity contribution in [3.05, 3.63) is 71.3 Å². The van der Waals surface area contributed by atoms with E-state index in [1.807, 2.05) is 42.7 Å². The van der Waals surface area contributed by atoms with Crippen molar-refractivity contribution in [2.75, 3.05) is 5.75 Å². The molecule has 1 N–H and O–H groups in total. The van der Waals surface area contributed by atoms with Crippen molar-refractivity contribution in [2.24, 2.45) is 0 Å². The van der Waals surface area contributed by atoms with Crippen LogP contribution in [0.15, 0.2) is 53.7 Å². The van der Waals surface area contributed by atoms with Crippen LogP contribution in [0.5, 0.6) is 0 Å². The first-order valence-corrected chi connectivity index (χ1v) is 8.60. The van der Waals surface area contributed by atoms with Gasteiger partial charge in [-0.25, -0.2) is 4.39 Å². The van der Waals surface area contributed by atoms with E-state index in [-0.39, 0.29) is 0 Å². The largest absolute Gasteiger partial charge is 0.387 e. The summed E-state index contributed by atoms with van der Waals surface area (Å²) in [6, 6.07) is 14.2. The SMILES string of the molecule is Cc1ccccc1-n1c(C)nnc1SCC(O)c1ccccc1F. The van der Waals surface area contributed by atoms with Gasteiger partial charge in [-0.3, -0.25) is 4.57 Å². The standard InChI is InChI=1S/C18H18FN3OS/c1-12-7-3-6-10-16(12)22-13(2)20-21-18(22)24-11-17(23)14-8-4-5-9-15(14)19/h3-10,17,23H,11H2,1-2H3. The highest BCUT2D eigenvalue weighted by molar-refractivity contribution is 7.99. The molecule has 0 fully saturated rings. The number of rotatable bonds is 5. The fraction of sp³-hybridized carbons (Fsp3) is 0.222. The molecule has 1 heterocycles. The first-order valence-electron chi connectivity index (χ1n) is 7.61. The van der Waals surface area contributed by atoms with Gasteiger partial charge in [-0.15, -0.1) is 10.2 Å². The molecule has 0 aliphatic carbocycles. The molecule has 6 heteroatoms. The Morgan fingerprint density at radius 1 is 1.08 bits per heavy atom. The minimum absolute atomic E-state index is 0.295. The molecule has 124 valence electrons. The van der Waals surface area contributed by atoms with Gasteiger partial charge in [0.1, 0.15) is 11.6 Å². The van der Waals surface area contributed by atoms with Crippen molar-refractivity contribution < 1.29 is 9.50 Å². The second-order valence-electron chi connectivity index (χ2n) is 5.50. The van der Waals surface area contributed by atoms with E-state index >= 15 is 0 Å². The normalized spacial score (nSPS) is 12.3. The van der Waals surface area contributed by atoms with Gasteiger partial charge >= 0.3 is 0 Å². The molecule has 3 aromatic rings. The van der Waals surface area contributed by atoms with Gasteiger partial charge in [0, 0.05) is 11.3 Å². The molecule has 0 aliphatic rings. The molecule has 1 atom stereocenters. The van der Waals surface area contributed by atoms with Crippen molar-refractivity contribution in [2.45, 2.75) is 25.1 Å². The quantitative estimate of drug-likeness (QED) is 0.715. The third-order valence-corrected chi connectivity index (χ3v) is 4.79. The van der Waals surface area contributed by atoms with Crippen LogP contribution in [0.25, 0.3) is 5.69 Å². The summed E-state index contributed by atoms with van der Waals surface area (Å²) in [4.78, 5) is 0. The smallest absolute Gasteiger partial charge is 0.195 e. The predicted molar refractivity (Wildman–Crippen MR) is 92.9 cm³/mol. The molecule has 4 nitrogen and oxygen atoms in total. The molecule has 2 aromatic carbocycles. The van der Waals surface area contributed by atoms with Crippen molar-refractivity contribution in [1.82, 2.24) is 14.8 Å². The van der Waals surface area contributed by atoms with Crippen LogP contribution in [0.3, 0.4) is 0 Å². The maximum Gasteiger partial charge on any atom is 0.195 e. The summed E-state index contributed by atoms with van der Waals surface area (Å²) >= 11 is 1.36. The van der Waals surface area contributed by atoms with Gasteiger partial charge in [0.25, 0.3) is 0 Å². The van der Waals surface area contributed by atoms with E-state index in [4.69, 9.17) is 0 Å². The van der Waals surface area contributed by atoms with E-state index in [0.29, 0.717) is 16.5 Å². The Balaban J connectivity index is 1.82. The molecule has 3 rings (SSSR count). The molecular weight excluding hydrogens is 325 g/mol. The second-order valence-corrected chi connectivity index (χ2v) is 6.49. The summed E-state index contributed by atoms with van der Waals surface area (Å²) in [6.45, 7) is 3.91. The first-order chi connectivity index (χ1) is 11.6. The number of aliphatic hydroxyl groups is 1. The van der Waals surface area contributed by atoms with Crippen LogP contribution >= 0.6 is 11.8 Å². The number of para-hydroxylation sites is 1. The third kappa shape index (κ3) is 3.34. The highest BCUT2D eigenvalue weighted by atomic mass is 32.2. The lowest BCUT2D eigenvalue weighted by atomic mass is 10.1. The number of thioether (sulfide) groups is 1. The summed E-state index contributed by atoms with van der Waals surface area (Å²) in [7, 11) is 0. The van der Waals surface area contributed by atoms with Crippen LogP contribution in [0, 0.1) is 19.7 Å². The minimum Gasteiger partial charge on any atom is -0.387 e. The Morgan fingerprint density at radius 2 is 1.79 bits per heavy atom. The molecule has 1 aromatic heterocycles. The lowest BCUT2D eigenvalue weighted by Gasteiger charge is -2.13. The van der Waals surface area contributed by atoms with E-state index in [9.17, 15) is 9.50 Å². The molecular formula is C18H18FN3OS. The minimum atomic E-state index is -0.904. The van der Waals surface area contributed by atoms with E-state index in [0.717, 1.165) is 17.1 Å². The Hall–Kier alpha value is -2.18. The van der Waals surface area contributed by atoms with Gasteiger partial charge in [0.15, 0.2) is 5.16 Å². The first kappa shape index (κ1) is 16.7. The fourth-order valence-corrected chi connectivity index (χ4v) is 3.46. The van der Waals surface area contributed by atoms with Gasteiger partial charge in [0.05, 0.1) is 11.8 Å². The molecule has 0 bridgehead atoms. The zero-order valence-corrected chi connectivity index (χ0v) is 14.3. The van der Waals surface area contributed by atoms with Gasteiger partial charge in [0.2, 0.25) is 0 Å². The van der Waals surface area contributed by atoms with Crippen molar-refractivity contribution in [3.8, 4) is 5.69 Å². The third-order valence-electron chi connectivity index (χ3n) is 3.79. The summed E-state index contributed by atoms with van der Waals surface area (Å²) < 4.78 is 15.7. The molecule has 0 aliphatic heterocycles. The van der Waals surface area contributed by atoms with Crippen molar-refractivity contribution >= 4 is 11.8 Å². The summed E-state index contributed by atoms with van der Waals surface area (Å²) in [5, 5.41) is 19.3. The molecule has 0 spiro atoms. The molecule has 0 saturated carbocycles. The van der Waals surface area contributed by atoms with Crippen LogP contribution < -0.4 is 0 Å². The van der Waals surface area contributed by atoms with E-state index < -0.39 is 11.9 Å². The number of aromatic nitrogens is 3. The van der Waals surface area contributed by atoms with E-state index in [1.165, 1.54) is 17.8 Å². The molecule has 24 heavy (non-hydrogen) atoms. The Labute approximate surface area is 144 Å². The number of benzene rings is 2. The van der Waals surface area contributed by atoms with Crippen LogP contribution in [0.4, 0.5) is 4.39 Å². The topological polar surface area (TPSA) is 50.9 Å². The molecule has 1 unspecified atom stereocenters. The predicted octanol–water partition coefficient (Wildman–Crippen LogP) is 3.85. The highest BCUT2D eigenvalue weighted by Crippen LogP contribution is 2.28. The maximum absolute atomic E-state index is 13.8. The zero-order chi connectivity index (χ0) is 17.1. The second kappa shape index (κ2) is 7.15. The summed E-state index contributed by atoms with van der Waals surface area (Å²) in [5.74, 6) is 0.666. The van der Waals surface area contributed by atoms with Gasteiger partial charge in [-0.05, 0) is 31.5 Å². The van der Waals surface area contributed by atoms with Crippen LogP contribution in [-0.4, -0.2) is 25.6 Å². The molecule has 0 amide bonds. The molecule has 0 saturated heterocycles. The zero-order valence-electron chi connectivity index (χ0n) is 13.5. The monoisotopic (exact) mass is 343 g/mol. The van der Waals surface area contributed by atoms with Gasteiger partial charge < -0.3 is 5.11 Å². The fourth-order valence-electron chi connectivity index (χ4n) is 2.52. The number of halogens is 1. The van der Waals surface area contributed by atoms with Crippen LogP contribution in [0.1, 0.15) is 23.1 Å².